The Morgan fingerprint density at radius 1 is 0.789 bits per heavy atom. The number of aliphatic hydroxyl groups excluding tert-OH is 6. The number of aliphatic hydroxyl groups is 6. The van der Waals surface area contributed by atoms with E-state index < -0.39 is 78.2 Å². The Hall–Kier alpha value is -1.72. The van der Waals surface area contributed by atoms with Gasteiger partial charge in [-0.25, -0.2) is 4.79 Å². The molecule has 2 aliphatic heterocycles. The summed E-state index contributed by atoms with van der Waals surface area (Å²) in [6, 6.07) is 0. The third kappa shape index (κ3) is 6.48. The molecule has 18 atom stereocenters. The van der Waals surface area contributed by atoms with Crippen molar-refractivity contribution in [3.63, 3.8) is 0 Å². The van der Waals surface area contributed by atoms with Crippen LogP contribution in [0.4, 0.5) is 0 Å². The Morgan fingerprint density at radius 2 is 1.47 bits per heavy atom. The van der Waals surface area contributed by atoms with Gasteiger partial charge in [0.2, 0.25) is 0 Å². The maximum atomic E-state index is 13.6. The highest BCUT2D eigenvalue weighted by Gasteiger charge is 2.70. The molecule has 2 saturated heterocycles. The van der Waals surface area contributed by atoms with E-state index in [2.05, 4.69) is 40.7 Å². The van der Waals surface area contributed by atoms with Gasteiger partial charge in [-0.2, -0.15) is 0 Å². The number of esters is 2. The molecule has 6 fully saturated rings. The second-order valence-electron chi connectivity index (χ2n) is 20.5. The molecule has 14 nitrogen and oxygen atoms in total. The Bertz CT molecular complexity index is 1570. The molecule has 57 heavy (non-hydrogen) atoms. The third-order valence-corrected chi connectivity index (χ3v) is 17.3. The van der Waals surface area contributed by atoms with Crippen LogP contribution in [-0.2, 0) is 38.0 Å². The van der Waals surface area contributed by atoms with Crippen LogP contribution in [0.2, 0.25) is 0 Å². The number of carbonyl (C=O) groups excluding carboxylic acids is 2. The fourth-order valence-corrected chi connectivity index (χ4v) is 13.7. The summed E-state index contributed by atoms with van der Waals surface area (Å²) >= 11 is 0. The number of methoxy groups -OCH3 is 2. The minimum absolute atomic E-state index is 0.0293. The minimum Gasteiger partial charge on any atom is -0.469 e. The Morgan fingerprint density at radius 3 is 2.14 bits per heavy atom. The summed E-state index contributed by atoms with van der Waals surface area (Å²) in [5.41, 5.74) is -0.0562. The lowest BCUT2D eigenvalue weighted by molar-refractivity contribution is -0.356. The first-order valence-corrected chi connectivity index (χ1v) is 21.1. The molecule has 0 unspecified atom stereocenters. The fourth-order valence-electron chi connectivity index (χ4n) is 13.7. The van der Waals surface area contributed by atoms with E-state index in [0.717, 1.165) is 64.9 Å². The van der Waals surface area contributed by atoms with Crippen LogP contribution in [0.3, 0.4) is 0 Å². The van der Waals surface area contributed by atoms with E-state index >= 15 is 0 Å². The van der Waals surface area contributed by atoms with Crippen molar-refractivity contribution in [2.75, 3.05) is 27.4 Å². The summed E-state index contributed by atoms with van der Waals surface area (Å²) in [5.74, 6) is -0.535. The number of hydrogen-bond acceptors (Lipinski definition) is 14. The number of rotatable bonds is 7. The lowest BCUT2D eigenvalue weighted by atomic mass is 9.33. The lowest BCUT2D eigenvalue weighted by Gasteiger charge is -2.71. The largest absolute Gasteiger partial charge is 0.469 e. The molecule has 7 aliphatic rings. The van der Waals surface area contributed by atoms with Gasteiger partial charge < -0.3 is 59.1 Å². The predicted molar refractivity (Wildman–Crippen MR) is 203 cm³/mol. The molecule has 0 bridgehead atoms. The second kappa shape index (κ2) is 15.0. The van der Waals surface area contributed by atoms with Gasteiger partial charge in [-0.1, -0.05) is 53.2 Å². The van der Waals surface area contributed by atoms with Crippen LogP contribution in [0.25, 0.3) is 0 Å². The van der Waals surface area contributed by atoms with E-state index in [1.807, 2.05) is 6.92 Å². The van der Waals surface area contributed by atoms with E-state index in [1.54, 1.807) is 0 Å². The summed E-state index contributed by atoms with van der Waals surface area (Å²) in [6.45, 7) is 13.4. The first-order valence-electron chi connectivity index (χ1n) is 21.1. The van der Waals surface area contributed by atoms with Crippen LogP contribution >= 0.6 is 0 Å². The zero-order chi connectivity index (χ0) is 41.7. The van der Waals surface area contributed by atoms with E-state index in [1.165, 1.54) is 12.7 Å². The minimum atomic E-state index is -1.77. The average Bonchev–Trinajstić information content (AvgIpc) is 3.18. The summed E-state index contributed by atoms with van der Waals surface area (Å²) < 4.78 is 34.1. The summed E-state index contributed by atoms with van der Waals surface area (Å²) in [4.78, 5) is 26.7. The highest BCUT2D eigenvalue weighted by atomic mass is 16.7. The maximum Gasteiger partial charge on any atom is 0.337 e. The molecule has 0 amide bonds. The molecule has 2 heterocycles. The second-order valence-corrected chi connectivity index (χ2v) is 20.5. The summed E-state index contributed by atoms with van der Waals surface area (Å²) in [7, 11) is 2.66. The van der Waals surface area contributed by atoms with Crippen LogP contribution in [0.5, 0.6) is 0 Å². The van der Waals surface area contributed by atoms with Crippen LogP contribution in [-0.4, -0.2) is 131 Å². The van der Waals surface area contributed by atoms with Gasteiger partial charge in [0.15, 0.2) is 18.7 Å². The topological polar surface area (TPSA) is 211 Å². The van der Waals surface area contributed by atoms with E-state index in [4.69, 9.17) is 28.4 Å². The van der Waals surface area contributed by atoms with Gasteiger partial charge in [-0.15, -0.1) is 0 Å². The van der Waals surface area contributed by atoms with Crippen molar-refractivity contribution in [3.8, 4) is 0 Å². The SMILES string of the molecule is COC(=O)[C@H]1O[C@@H](O[C@H]2CC[C@@]3(C)[C@@H](CC[C@]4(C)[C@@H]3CC=C3[C@@H]5CC(C)(C)CC[C@]5(C(=O)OC)CC[C@]34C)[C@]2(C)CO)[C@H](O)[C@@H](O)[C@@H]1O[C@@H]1OC[C@@H](O)[C@H](O)[C@H]1O. The van der Waals surface area contributed by atoms with Crippen molar-refractivity contribution in [1.82, 2.24) is 0 Å². The first-order chi connectivity index (χ1) is 26.7. The molecule has 5 aliphatic carbocycles. The smallest absolute Gasteiger partial charge is 0.337 e. The molecule has 324 valence electrons. The van der Waals surface area contributed by atoms with Gasteiger partial charge >= 0.3 is 11.9 Å². The van der Waals surface area contributed by atoms with E-state index in [0.29, 0.717) is 12.3 Å². The first kappa shape index (κ1) is 43.4. The molecule has 6 N–H and O–H groups in total. The van der Waals surface area contributed by atoms with Crippen LogP contribution in [0.15, 0.2) is 11.6 Å². The Balaban J connectivity index is 1.13. The van der Waals surface area contributed by atoms with Crippen LogP contribution in [0.1, 0.15) is 106 Å². The maximum absolute atomic E-state index is 13.6. The highest BCUT2D eigenvalue weighted by molar-refractivity contribution is 5.78. The molecule has 4 saturated carbocycles. The van der Waals surface area contributed by atoms with Crippen molar-refractivity contribution in [3.05, 3.63) is 11.6 Å². The van der Waals surface area contributed by atoms with E-state index in [9.17, 15) is 40.2 Å². The number of fused-ring (bicyclic) bond motifs is 7. The number of hydrogen-bond donors (Lipinski definition) is 6. The number of carbonyl (C=O) groups is 2. The van der Waals surface area contributed by atoms with Gasteiger partial charge in [0.05, 0.1) is 39.0 Å². The Labute approximate surface area is 336 Å². The molecule has 0 spiro atoms. The van der Waals surface area contributed by atoms with Crippen molar-refractivity contribution < 1.29 is 68.6 Å². The molecule has 7 rings (SSSR count). The van der Waals surface area contributed by atoms with Gasteiger partial charge in [0.1, 0.15) is 36.6 Å². The van der Waals surface area contributed by atoms with Crippen molar-refractivity contribution in [2.45, 2.75) is 167 Å². The average molecular weight is 809 g/mol. The number of ether oxygens (including phenoxy) is 6. The predicted octanol–water partition coefficient (Wildman–Crippen LogP) is 2.76. The zero-order valence-corrected chi connectivity index (χ0v) is 35.0. The molecule has 0 aromatic carbocycles. The van der Waals surface area contributed by atoms with Gasteiger partial charge in [0.25, 0.3) is 0 Å². The van der Waals surface area contributed by atoms with Crippen LogP contribution < -0.4 is 0 Å². The van der Waals surface area contributed by atoms with Gasteiger partial charge in [-0.05, 0) is 104 Å². The standard InChI is InChI=1S/C43H68O14/c1-38(2)15-17-43(37(51)53-8)18-16-41(5)22(23(43)19-38)9-10-26-39(3)13-12-27(40(4,21-44)25(39)11-14-42(26,41)6)55-36-31(49)29(47)32(33(57-36)34(50)52-7)56-35-30(48)28(46)24(45)20-54-35/h9,23-33,35-36,44-49H,10-21H2,1-8H3/t23-,24+,25+,26+,27-,28-,29+,30+,31+,32-,33-,35-,36+,39-,40-,41+,42+,43-/m0/s1. The van der Waals surface area contributed by atoms with Gasteiger partial charge in [-0.3, -0.25) is 4.79 Å². The summed E-state index contributed by atoms with van der Waals surface area (Å²) in [5, 5.41) is 64.6. The molecule has 0 aromatic heterocycles. The third-order valence-electron chi connectivity index (χ3n) is 17.3. The normalized spacial score (nSPS) is 51.9. The van der Waals surface area contributed by atoms with Crippen molar-refractivity contribution in [2.24, 2.45) is 50.2 Å². The molecule has 14 heteroatoms. The quantitative estimate of drug-likeness (QED) is 0.124. The fraction of sp³-hybridized carbons (Fsp3) is 0.907. The summed E-state index contributed by atoms with van der Waals surface area (Å²) in [6.07, 6.45) is -4.08. The van der Waals surface area contributed by atoms with Gasteiger partial charge in [0, 0.05) is 5.41 Å². The van der Waals surface area contributed by atoms with Crippen molar-refractivity contribution >= 4 is 11.9 Å². The number of allylic oxidation sites excluding steroid dienone is 2. The lowest BCUT2D eigenvalue weighted by Crippen LogP contribution is -2.67. The van der Waals surface area contributed by atoms with Crippen molar-refractivity contribution in [1.29, 1.82) is 0 Å². The molecule has 0 aromatic rings. The molecule has 0 radical (unpaired) electrons. The van der Waals surface area contributed by atoms with E-state index in [-0.39, 0.29) is 52.7 Å². The zero-order valence-electron chi connectivity index (χ0n) is 35.0. The molecular formula is C43H68O14. The van der Waals surface area contributed by atoms with Crippen LogP contribution in [0, 0.1) is 50.2 Å². The molecular weight excluding hydrogens is 740 g/mol. The highest BCUT2D eigenvalue weighted by Crippen LogP contribution is 2.76. The Kier molecular flexibility index (Phi) is 11.4. The monoisotopic (exact) mass is 808 g/mol.